The Balaban J connectivity index is 2.26. The Morgan fingerprint density at radius 2 is 1.89 bits per heavy atom. The van der Waals surface area contributed by atoms with Crippen LogP contribution in [0.5, 0.6) is 5.75 Å². The fourth-order valence-corrected chi connectivity index (χ4v) is 2.37. The van der Waals surface area contributed by atoms with E-state index in [1.165, 1.54) is 12.0 Å². The number of rotatable bonds is 4. The van der Waals surface area contributed by atoms with E-state index < -0.39 is 6.04 Å². The summed E-state index contributed by atoms with van der Waals surface area (Å²) in [6.07, 6.45) is 0.630. The van der Waals surface area contributed by atoms with Crippen molar-refractivity contribution in [2.24, 2.45) is 5.92 Å². The van der Waals surface area contributed by atoms with Crippen LogP contribution in [0, 0.1) is 5.92 Å². The number of amides is 1. The van der Waals surface area contributed by atoms with E-state index in [1.807, 2.05) is 6.92 Å². The van der Waals surface area contributed by atoms with Crippen molar-refractivity contribution in [3.63, 3.8) is 0 Å². The second kappa shape index (κ2) is 5.30. The van der Waals surface area contributed by atoms with Crippen molar-refractivity contribution < 1.29 is 19.1 Å². The number of methoxy groups -OCH3 is 2. The summed E-state index contributed by atoms with van der Waals surface area (Å²) in [6, 6.07) is 6.53. The maximum absolute atomic E-state index is 12.1. The minimum Gasteiger partial charge on any atom is -0.497 e. The zero-order valence-corrected chi connectivity index (χ0v) is 11.3. The van der Waals surface area contributed by atoms with Crippen LogP contribution in [0.3, 0.4) is 0 Å². The largest absolute Gasteiger partial charge is 0.497 e. The SMILES string of the molecule is CC[C@H]1C(=O)N(c2ccc(OC)cc2)[C@H]1C(=O)OC. The van der Waals surface area contributed by atoms with Crippen molar-refractivity contribution in [3.05, 3.63) is 24.3 Å². The van der Waals surface area contributed by atoms with Gasteiger partial charge in [-0.15, -0.1) is 0 Å². The zero-order chi connectivity index (χ0) is 14.0. The first-order valence-electron chi connectivity index (χ1n) is 6.19. The minimum absolute atomic E-state index is 0.0388. The molecule has 0 aromatic heterocycles. The van der Waals surface area contributed by atoms with Gasteiger partial charge in [-0.05, 0) is 30.7 Å². The molecule has 19 heavy (non-hydrogen) atoms. The van der Waals surface area contributed by atoms with Gasteiger partial charge in [-0.25, -0.2) is 4.79 Å². The number of carbonyl (C=O) groups excluding carboxylic acids is 2. The molecular weight excluding hydrogens is 246 g/mol. The highest BCUT2D eigenvalue weighted by Crippen LogP contribution is 2.35. The predicted molar refractivity (Wildman–Crippen MR) is 70.1 cm³/mol. The van der Waals surface area contributed by atoms with E-state index in [2.05, 4.69) is 0 Å². The van der Waals surface area contributed by atoms with Gasteiger partial charge in [-0.2, -0.15) is 0 Å². The molecule has 0 saturated carbocycles. The van der Waals surface area contributed by atoms with Gasteiger partial charge in [0.1, 0.15) is 11.8 Å². The maximum Gasteiger partial charge on any atom is 0.329 e. The fraction of sp³-hybridized carbons (Fsp3) is 0.429. The number of β-lactam (4-membered cyclic amide) rings is 1. The highest BCUT2D eigenvalue weighted by atomic mass is 16.5. The van der Waals surface area contributed by atoms with E-state index in [0.717, 1.165) is 0 Å². The minimum atomic E-state index is -0.518. The van der Waals surface area contributed by atoms with Crippen molar-refractivity contribution >= 4 is 17.6 Å². The average molecular weight is 263 g/mol. The quantitative estimate of drug-likeness (QED) is 0.611. The maximum atomic E-state index is 12.1. The smallest absolute Gasteiger partial charge is 0.329 e. The molecule has 0 aliphatic carbocycles. The van der Waals surface area contributed by atoms with E-state index in [0.29, 0.717) is 17.9 Å². The van der Waals surface area contributed by atoms with E-state index >= 15 is 0 Å². The first-order chi connectivity index (χ1) is 9.13. The molecule has 1 aromatic rings. The second-order valence-electron chi connectivity index (χ2n) is 4.39. The monoisotopic (exact) mass is 263 g/mol. The molecule has 5 heteroatoms. The van der Waals surface area contributed by atoms with Gasteiger partial charge in [-0.3, -0.25) is 9.69 Å². The lowest BCUT2D eigenvalue weighted by molar-refractivity contribution is -0.152. The Hall–Kier alpha value is -2.04. The van der Waals surface area contributed by atoms with E-state index in [-0.39, 0.29) is 17.8 Å². The lowest BCUT2D eigenvalue weighted by Crippen LogP contribution is -2.64. The Morgan fingerprint density at radius 3 is 2.37 bits per heavy atom. The van der Waals surface area contributed by atoms with Crippen LogP contribution < -0.4 is 9.64 Å². The van der Waals surface area contributed by atoms with Gasteiger partial charge in [0.2, 0.25) is 5.91 Å². The summed E-state index contributed by atoms with van der Waals surface area (Å²) in [5.74, 6) is 0.0123. The number of esters is 1. The molecule has 1 heterocycles. The number of ether oxygens (including phenoxy) is 2. The summed E-state index contributed by atoms with van der Waals surface area (Å²) >= 11 is 0. The molecule has 1 aliphatic rings. The van der Waals surface area contributed by atoms with Gasteiger partial charge >= 0.3 is 5.97 Å². The Bertz CT molecular complexity index is 483. The normalized spacial score (nSPS) is 21.8. The van der Waals surface area contributed by atoms with Crippen LogP contribution in [0.2, 0.25) is 0 Å². The molecule has 0 N–H and O–H groups in total. The summed E-state index contributed by atoms with van der Waals surface area (Å²) in [6.45, 7) is 1.89. The van der Waals surface area contributed by atoms with Gasteiger partial charge in [0, 0.05) is 5.69 Å². The molecule has 1 fully saturated rings. The lowest BCUT2D eigenvalue weighted by Gasteiger charge is -2.44. The molecule has 0 spiro atoms. The van der Waals surface area contributed by atoms with E-state index in [1.54, 1.807) is 31.4 Å². The summed E-state index contributed by atoms with van der Waals surface area (Å²) in [7, 11) is 2.91. The summed E-state index contributed by atoms with van der Waals surface area (Å²) < 4.78 is 9.84. The van der Waals surface area contributed by atoms with Crippen molar-refractivity contribution in [2.75, 3.05) is 19.1 Å². The molecule has 0 radical (unpaired) electrons. The lowest BCUT2D eigenvalue weighted by atomic mass is 9.84. The van der Waals surface area contributed by atoms with Gasteiger partial charge in [0.25, 0.3) is 0 Å². The Kier molecular flexibility index (Phi) is 3.74. The van der Waals surface area contributed by atoms with Crippen LogP contribution in [0.15, 0.2) is 24.3 Å². The molecule has 2 rings (SSSR count). The summed E-state index contributed by atoms with van der Waals surface area (Å²) in [5.41, 5.74) is 0.686. The van der Waals surface area contributed by atoms with Gasteiger partial charge < -0.3 is 9.47 Å². The summed E-state index contributed by atoms with van der Waals surface area (Å²) in [5, 5.41) is 0. The Morgan fingerprint density at radius 1 is 1.26 bits per heavy atom. The van der Waals surface area contributed by atoms with Crippen LogP contribution in [0.1, 0.15) is 13.3 Å². The van der Waals surface area contributed by atoms with E-state index in [4.69, 9.17) is 9.47 Å². The van der Waals surface area contributed by atoms with Crippen LogP contribution in [0.4, 0.5) is 5.69 Å². The first-order valence-corrected chi connectivity index (χ1v) is 6.19. The van der Waals surface area contributed by atoms with Gasteiger partial charge in [-0.1, -0.05) is 6.92 Å². The zero-order valence-electron chi connectivity index (χ0n) is 11.3. The Labute approximate surface area is 112 Å². The van der Waals surface area contributed by atoms with Crippen molar-refractivity contribution in [1.82, 2.24) is 0 Å². The second-order valence-corrected chi connectivity index (χ2v) is 4.39. The van der Waals surface area contributed by atoms with Crippen molar-refractivity contribution in [3.8, 4) is 5.75 Å². The summed E-state index contributed by atoms with van der Waals surface area (Å²) in [4.78, 5) is 25.3. The van der Waals surface area contributed by atoms with Crippen LogP contribution >= 0.6 is 0 Å². The topological polar surface area (TPSA) is 55.8 Å². The highest BCUT2D eigenvalue weighted by molar-refractivity contribution is 6.10. The number of carbonyl (C=O) groups is 2. The molecule has 1 aromatic carbocycles. The number of benzene rings is 1. The standard InChI is InChI=1S/C14H17NO4/c1-4-11-12(14(17)19-3)15(13(11)16)9-5-7-10(18-2)8-6-9/h5-8,11-12H,4H2,1-3H3/t11-,12-/m1/s1. The number of anilines is 1. The van der Waals surface area contributed by atoms with Crippen LogP contribution in [-0.2, 0) is 14.3 Å². The van der Waals surface area contributed by atoms with Crippen molar-refractivity contribution in [2.45, 2.75) is 19.4 Å². The molecule has 1 saturated heterocycles. The molecule has 0 unspecified atom stereocenters. The highest BCUT2D eigenvalue weighted by Gasteiger charge is 2.51. The fourth-order valence-electron chi connectivity index (χ4n) is 2.37. The molecule has 1 aliphatic heterocycles. The third-order valence-electron chi connectivity index (χ3n) is 3.45. The molecule has 1 amide bonds. The van der Waals surface area contributed by atoms with Crippen molar-refractivity contribution in [1.29, 1.82) is 0 Å². The van der Waals surface area contributed by atoms with Gasteiger partial charge in [0.05, 0.1) is 20.1 Å². The first kappa shape index (κ1) is 13.4. The third-order valence-corrected chi connectivity index (χ3v) is 3.45. The average Bonchev–Trinajstić information content (AvgIpc) is 2.45. The van der Waals surface area contributed by atoms with E-state index in [9.17, 15) is 9.59 Å². The van der Waals surface area contributed by atoms with Crippen LogP contribution in [0.25, 0.3) is 0 Å². The molecule has 2 atom stereocenters. The molecule has 5 nitrogen and oxygen atoms in total. The number of nitrogens with zero attached hydrogens (tertiary/aromatic N) is 1. The van der Waals surface area contributed by atoms with Gasteiger partial charge in [0.15, 0.2) is 0 Å². The molecular formula is C14H17NO4. The predicted octanol–water partition coefficient (Wildman–Crippen LogP) is 1.61. The number of hydrogen-bond donors (Lipinski definition) is 0. The molecule has 0 bridgehead atoms. The third kappa shape index (κ3) is 2.16. The molecule has 102 valence electrons. The number of hydrogen-bond acceptors (Lipinski definition) is 4. The van der Waals surface area contributed by atoms with Crippen LogP contribution in [-0.4, -0.2) is 32.1 Å².